The van der Waals surface area contributed by atoms with Crippen LogP contribution < -0.4 is 0 Å². The molecule has 0 bridgehead atoms. The molecule has 0 saturated carbocycles. The molecule has 0 aliphatic carbocycles. The molecule has 0 spiro atoms. The monoisotopic (exact) mass is 232 g/mol. The Kier molecular flexibility index (Phi) is 5.96. The van der Waals surface area contributed by atoms with Crippen LogP contribution >= 0.6 is 0 Å². The predicted molar refractivity (Wildman–Crippen MR) is 73.2 cm³/mol. The van der Waals surface area contributed by atoms with E-state index in [4.69, 9.17) is 0 Å². The quantitative estimate of drug-likeness (QED) is 0.684. The molecular weight excluding hydrogens is 208 g/mol. The van der Waals surface area contributed by atoms with Crippen molar-refractivity contribution in [3.63, 3.8) is 0 Å². The Morgan fingerprint density at radius 3 is 2.24 bits per heavy atom. The number of carbonyl (C=O) groups excluding carboxylic acids is 1. The van der Waals surface area contributed by atoms with Crippen molar-refractivity contribution in [2.45, 2.75) is 52.9 Å². The van der Waals surface area contributed by atoms with Crippen molar-refractivity contribution in [1.29, 1.82) is 0 Å². The van der Waals surface area contributed by atoms with E-state index in [1.165, 1.54) is 11.1 Å². The van der Waals surface area contributed by atoms with Crippen molar-refractivity contribution in [1.82, 2.24) is 0 Å². The molecule has 0 aromatic heterocycles. The standard InChI is InChI=1S/C16H24O/c1-4-14(5-2)12-16(17)11-10-15-8-6-13(3)7-9-15/h6-9,14H,4-5,10-12H2,1-3H3. The Morgan fingerprint density at radius 2 is 1.71 bits per heavy atom. The van der Waals surface area contributed by atoms with Gasteiger partial charge in [0, 0.05) is 12.8 Å². The van der Waals surface area contributed by atoms with E-state index in [0.717, 1.165) is 25.7 Å². The molecular formula is C16H24O. The van der Waals surface area contributed by atoms with E-state index in [0.29, 0.717) is 18.1 Å². The lowest BCUT2D eigenvalue weighted by Gasteiger charge is -2.10. The van der Waals surface area contributed by atoms with E-state index in [-0.39, 0.29) is 0 Å². The maximum atomic E-state index is 11.8. The second-order valence-electron chi connectivity index (χ2n) is 4.91. The highest BCUT2D eigenvalue weighted by Crippen LogP contribution is 2.15. The molecule has 0 aliphatic heterocycles. The van der Waals surface area contributed by atoms with Gasteiger partial charge in [0.05, 0.1) is 0 Å². The minimum atomic E-state index is 0.416. The van der Waals surface area contributed by atoms with Gasteiger partial charge in [-0.25, -0.2) is 0 Å². The Labute approximate surface area is 105 Å². The van der Waals surface area contributed by atoms with Gasteiger partial charge in [0.25, 0.3) is 0 Å². The van der Waals surface area contributed by atoms with Gasteiger partial charge in [-0.2, -0.15) is 0 Å². The highest BCUT2D eigenvalue weighted by Gasteiger charge is 2.10. The first kappa shape index (κ1) is 14.0. The number of hydrogen-bond donors (Lipinski definition) is 0. The average Bonchev–Trinajstić information content (AvgIpc) is 2.35. The molecule has 0 fully saturated rings. The molecule has 1 nitrogen and oxygen atoms in total. The van der Waals surface area contributed by atoms with Gasteiger partial charge in [-0.15, -0.1) is 0 Å². The Morgan fingerprint density at radius 1 is 1.12 bits per heavy atom. The van der Waals surface area contributed by atoms with E-state index < -0.39 is 0 Å². The third-order valence-corrected chi connectivity index (χ3v) is 3.48. The van der Waals surface area contributed by atoms with Crippen molar-refractivity contribution < 1.29 is 4.79 Å². The molecule has 0 saturated heterocycles. The smallest absolute Gasteiger partial charge is 0.133 e. The highest BCUT2D eigenvalue weighted by atomic mass is 16.1. The Balaban J connectivity index is 2.35. The molecule has 17 heavy (non-hydrogen) atoms. The van der Waals surface area contributed by atoms with E-state index in [2.05, 4.69) is 45.0 Å². The number of Topliss-reactive ketones (excluding diaryl/α,β-unsaturated/α-hetero) is 1. The summed E-state index contributed by atoms with van der Waals surface area (Å²) in [5, 5.41) is 0. The fourth-order valence-corrected chi connectivity index (χ4v) is 2.04. The first-order valence-corrected chi connectivity index (χ1v) is 6.73. The summed E-state index contributed by atoms with van der Waals surface area (Å²) in [6.07, 6.45) is 4.58. The first-order chi connectivity index (χ1) is 8.15. The summed E-state index contributed by atoms with van der Waals surface area (Å²) in [4.78, 5) is 11.8. The molecule has 0 radical (unpaired) electrons. The lowest BCUT2D eigenvalue weighted by molar-refractivity contribution is -0.120. The zero-order valence-electron chi connectivity index (χ0n) is 11.3. The molecule has 0 aliphatic rings. The number of aryl methyl sites for hydroxylation is 2. The van der Waals surface area contributed by atoms with Crippen molar-refractivity contribution in [3.8, 4) is 0 Å². The van der Waals surface area contributed by atoms with Crippen LogP contribution in [-0.4, -0.2) is 5.78 Å². The van der Waals surface area contributed by atoms with E-state index in [1.807, 2.05) is 0 Å². The number of hydrogen-bond acceptors (Lipinski definition) is 1. The van der Waals surface area contributed by atoms with Crippen LogP contribution in [0.5, 0.6) is 0 Å². The number of carbonyl (C=O) groups is 1. The Hall–Kier alpha value is -1.11. The van der Waals surface area contributed by atoms with Crippen molar-refractivity contribution in [2.75, 3.05) is 0 Å². The van der Waals surface area contributed by atoms with Crippen LogP contribution in [0.1, 0.15) is 50.7 Å². The summed E-state index contributed by atoms with van der Waals surface area (Å²) in [6.45, 7) is 6.42. The van der Waals surface area contributed by atoms with Crippen molar-refractivity contribution in [3.05, 3.63) is 35.4 Å². The van der Waals surface area contributed by atoms with Gasteiger partial charge in [0.1, 0.15) is 5.78 Å². The molecule has 0 atom stereocenters. The Bertz CT molecular complexity index is 333. The topological polar surface area (TPSA) is 17.1 Å². The van der Waals surface area contributed by atoms with E-state index >= 15 is 0 Å². The molecule has 0 N–H and O–H groups in total. The molecule has 1 heteroatoms. The normalized spacial score (nSPS) is 10.8. The fourth-order valence-electron chi connectivity index (χ4n) is 2.04. The van der Waals surface area contributed by atoms with Crippen LogP contribution in [0.2, 0.25) is 0 Å². The zero-order valence-corrected chi connectivity index (χ0v) is 11.3. The third-order valence-electron chi connectivity index (χ3n) is 3.48. The minimum Gasteiger partial charge on any atom is -0.300 e. The highest BCUT2D eigenvalue weighted by molar-refractivity contribution is 5.78. The molecule has 1 rings (SSSR count). The van der Waals surface area contributed by atoms with E-state index in [1.54, 1.807) is 0 Å². The van der Waals surface area contributed by atoms with Gasteiger partial charge < -0.3 is 0 Å². The first-order valence-electron chi connectivity index (χ1n) is 6.73. The summed E-state index contributed by atoms with van der Waals surface area (Å²) in [7, 11) is 0. The van der Waals surface area contributed by atoms with Gasteiger partial charge in [-0.3, -0.25) is 4.79 Å². The maximum Gasteiger partial charge on any atom is 0.133 e. The van der Waals surface area contributed by atoms with Crippen LogP contribution in [0.25, 0.3) is 0 Å². The number of rotatable bonds is 7. The SMILES string of the molecule is CCC(CC)CC(=O)CCc1ccc(C)cc1. The minimum absolute atomic E-state index is 0.416. The number of ketones is 1. The summed E-state index contributed by atoms with van der Waals surface area (Å²) in [6, 6.07) is 8.47. The molecule has 0 amide bonds. The van der Waals surface area contributed by atoms with Gasteiger partial charge in [-0.1, -0.05) is 56.5 Å². The summed E-state index contributed by atoms with van der Waals surface area (Å²) < 4.78 is 0. The van der Waals surface area contributed by atoms with Crippen LogP contribution in [0.4, 0.5) is 0 Å². The van der Waals surface area contributed by atoms with Crippen LogP contribution in [0, 0.1) is 12.8 Å². The van der Waals surface area contributed by atoms with Crippen molar-refractivity contribution in [2.24, 2.45) is 5.92 Å². The predicted octanol–water partition coefficient (Wildman–Crippen LogP) is 4.32. The fraction of sp³-hybridized carbons (Fsp3) is 0.562. The molecule has 0 heterocycles. The lowest BCUT2D eigenvalue weighted by Crippen LogP contribution is -2.07. The van der Waals surface area contributed by atoms with Crippen LogP contribution in [-0.2, 0) is 11.2 Å². The van der Waals surface area contributed by atoms with Crippen molar-refractivity contribution >= 4 is 5.78 Å². The molecule has 1 aromatic rings. The third kappa shape index (κ3) is 5.16. The van der Waals surface area contributed by atoms with Crippen LogP contribution in [0.3, 0.4) is 0 Å². The van der Waals surface area contributed by atoms with Gasteiger partial charge >= 0.3 is 0 Å². The largest absolute Gasteiger partial charge is 0.300 e. The number of benzene rings is 1. The van der Waals surface area contributed by atoms with E-state index in [9.17, 15) is 4.79 Å². The second-order valence-corrected chi connectivity index (χ2v) is 4.91. The van der Waals surface area contributed by atoms with Gasteiger partial charge in [0.15, 0.2) is 0 Å². The summed E-state index contributed by atoms with van der Waals surface area (Å²) in [5.41, 5.74) is 2.55. The summed E-state index contributed by atoms with van der Waals surface area (Å²) in [5.74, 6) is 1.000. The molecule has 1 aromatic carbocycles. The van der Waals surface area contributed by atoms with Gasteiger partial charge in [-0.05, 0) is 24.8 Å². The summed E-state index contributed by atoms with van der Waals surface area (Å²) >= 11 is 0. The average molecular weight is 232 g/mol. The lowest BCUT2D eigenvalue weighted by atomic mass is 9.94. The molecule has 94 valence electrons. The maximum absolute atomic E-state index is 11.8. The second kappa shape index (κ2) is 7.26. The van der Waals surface area contributed by atoms with Gasteiger partial charge in [0.2, 0.25) is 0 Å². The zero-order chi connectivity index (χ0) is 12.7. The van der Waals surface area contributed by atoms with Crippen LogP contribution in [0.15, 0.2) is 24.3 Å². The molecule has 0 unspecified atom stereocenters.